The van der Waals surface area contributed by atoms with Gasteiger partial charge >= 0.3 is 0 Å². The summed E-state index contributed by atoms with van der Waals surface area (Å²) in [5.41, 5.74) is 2.56. The molecule has 2 heterocycles. The molecule has 1 N–H and O–H groups in total. The summed E-state index contributed by atoms with van der Waals surface area (Å²) >= 11 is 0. The topological polar surface area (TPSA) is 58.6 Å². The van der Waals surface area contributed by atoms with Crippen molar-refractivity contribution in [2.75, 3.05) is 26.0 Å². The molecule has 21 heavy (non-hydrogen) atoms. The summed E-state index contributed by atoms with van der Waals surface area (Å²) in [6, 6.07) is 8.92. The largest absolute Gasteiger partial charge is 0.375 e. The van der Waals surface area contributed by atoms with E-state index in [2.05, 4.69) is 23.5 Å². The molecular weight excluding hydrogens is 288 g/mol. The van der Waals surface area contributed by atoms with Crippen LogP contribution in [-0.2, 0) is 21.4 Å². The lowest BCUT2D eigenvalue weighted by Crippen LogP contribution is -2.46. The van der Waals surface area contributed by atoms with Gasteiger partial charge in [0.15, 0.2) is 0 Å². The number of ether oxygens (including phenoxy) is 1. The van der Waals surface area contributed by atoms with Crippen LogP contribution < -0.4 is 5.32 Å². The van der Waals surface area contributed by atoms with Crippen molar-refractivity contribution in [2.24, 2.45) is 0 Å². The number of hydrogen-bond acceptors (Lipinski definition) is 4. The molecule has 2 aliphatic heterocycles. The maximum atomic E-state index is 11.5. The van der Waals surface area contributed by atoms with Crippen molar-refractivity contribution in [2.45, 2.75) is 31.5 Å². The number of fused-ring (bicyclic) bond motifs is 1. The molecule has 0 spiro atoms. The quantitative estimate of drug-likeness (QED) is 0.913. The lowest BCUT2D eigenvalue weighted by molar-refractivity contribution is 0.0755. The van der Waals surface area contributed by atoms with E-state index in [9.17, 15) is 8.42 Å². The minimum atomic E-state index is -3.05. The Balaban J connectivity index is 1.62. The van der Waals surface area contributed by atoms with Gasteiger partial charge in [-0.15, -0.1) is 0 Å². The zero-order valence-electron chi connectivity index (χ0n) is 12.3. The van der Waals surface area contributed by atoms with Crippen LogP contribution in [0.2, 0.25) is 0 Å². The van der Waals surface area contributed by atoms with Crippen LogP contribution in [0, 0.1) is 0 Å². The van der Waals surface area contributed by atoms with E-state index < -0.39 is 10.0 Å². The second kappa shape index (κ2) is 6.04. The van der Waals surface area contributed by atoms with Gasteiger partial charge in [-0.25, -0.2) is 12.7 Å². The molecule has 0 radical (unpaired) electrons. The molecule has 0 aliphatic carbocycles. The Labute approximate surface area is 126 Å². The average molecular weight is 310 g/mol. The molecule has 6 heteroatoms. The minimum absolute atomic E-state index is 0.213. The zero-order chi connectivity index (χ0) is 14.9. The zero-order valence-corrected chi connectivity index (χ0v) is 13.1. The minimum Gasteiger partial charge on any atom is -0.375 e. The van der Waals surface area contributed by atoms with Gasteiger partial charge in [-0.1, -0.05) is 24.3 Å². The summed E-state index contributed by atoms with van der Waals surface area (Å²) in [4.78, 5) is 0. The first-order chi connectivity index (χ1) is 10.0. The molecule has 0 saturated carbocycles. The fourth-order valence-electron chi connectivity index (χ4n) is 3.16. The Bertz CT molecular complexity index is 595. The van der Waals surface area contributed by atoms with Crippen molar-refractivity contribution in [1.29, 1.82) is 0 Å². The molecule has 1 aromatic carbocycles. The molecule has 1 unspecified atom stereocenters. The highest BCUT2D eigenvalue weighted by molar-refractivity contribution is 7.88. The van der Waals surface area contributed by atoms with E-state index in [-0.39, 0.29) is 6.04 Å². The second-order valence-electron chi connectivity index (χ2n) is 5.87. The summed E-state index contributed by atoms with van der Waals surface area (Å²) in [5, 5.41) is 3.64. The molecular formula is C15H22N2O3S. The van der Waals surface area contributed by atoms with Gasteiger partial charge in [0, 0.05) is 19.1 Å². The Morgan fingerprint density at radius 2 is 1.95 bits per heavy atom. The number of piperidine rings is 1. The van der Waals surface area contributed by atoms with Crippen LogP contribution in [0.25, 0.3) is 0 Å². The summed E-state index contributed by atoms with van der Waals surface area (Å²) < 4.78 is 30.3. The predicted octanol–water partition coefficient (Wildman–Crippen LogP) is 1.27. The normalized spacial score (nSPS) is 24.7. The number of hydrogen-bond donors (Lipinski definition) is 1. The van der Waals surface area contributed by atoms with Crippen molar-refractivity contribution in [3.05, 3.63) is 35.4 Å². The van der Waals surface area contributed by atoms with Gasteiger partial charge in [-0.2, -0.15) is 0 Å². The Kier molecular flexibility index (Phi) is 4.31. The van der Waals surface area contributed by atoms with Crippen LogP contribution in [0.15, 0.2) is 24.3 Å². The predicted molar refractivity (Wildman–Crippen MR) is 81.4 cm³/mol. The Hall–Kier alpha value is -0.950. The lowest BCUT2D eigenvalue weighted by atomic mass is 9.97. The molecule has 1 saturated heterocycles. The van der Waals surface area contributed by atoms with Crippen molar-refractivity contribution in [3.8, 4) is 0 Å². The maximum Gasteiger partial charge on any atom is 0.211 e. The molecule has 2 aliphatic rings. The smallest absolute Gasteiger partial charge is 0.211 e. The van der Waals surface area contributed by atoms with Crippen molar-refractivity contribution < 1.29 is 13.2 Å². The summed E-state index contributed by atoms with van der Waals surface area (Å²) in [7, 11) is -3.05. The molecule has 0 amide bonds. The number of nitrogens with zero attached hydrogens (tertiary/aromatic N) is 1. The third-order valence-electron chi connectivity index (χ3n) is 4.33. The monoisotopic (exact) mass is 310 g/mol. The number of sulfonamides is 1. The van der Waals surface area contributed by atoms with Gasteiger partial charge in [0.2, 0.25) is 10.0 Å². The molecule has 5 nitrogen and oxygen atoms in total. The van der Waals surface area contributed by atoms with Crippen LogP contribution in [-0.4, -0.2) is 44.7 Å². The first kappa shape index (κ1) is 15.0. The van der Waals surface area contributed by atoms with E-state index in [0.29, 0.717) is 32.3 Å². The maximum absolute atomic E-state index is 11.5. The fraction of sp³-hybridized carbons (Fsp3) is 0.600. The highest BCUT2D eigenvalue weighted by Gasteiger charge is 2.28. The van der Waals surface area contributed by atoms with Gasteiger partial charge in [-0.3, -0.25) is 0 Å². The van der Waals surface area contributed by atoms with E-state index in [0.717, 1.165) is 12.8 Å². The highest BCUT2D eigenvalue weighted by Crippen LogP contribution is 2.26. The van der Waals surface area contributed by atoms with Gasteiger partial charge in [0.25, 0.3) is 0 Å². The number of benzene rings is 1. The second-order valence-corrected chi connectivity index (χ2v) is 7.85. The number of nitrogens with one attached hydrogen (secondary N) is 1. The molecule has 3 rings (SSSR count). The Morgan fingerprint density at radius 3 is 2.67 bits per heavy atom. The molecule has 1 fully saturated rings. The van der Waals surface area contributed by atoms with Gasteiger partial charge in [0.1, 0.15) is 0 Å². The molecule has 1 atom stereocenters. The van der Waals surface area contributed by atoms with E-state index in [1.165, 1.54) is 17.4 Å². The Morgan fingerprint density at radius 1 is 1.24 bits per heavy atom. The van der Waals surface area contributed by atoms with Crippen molar-refractivity contribution >= 4 is 10.0 Å². The van der Waals surface area contributed by atoms with Crippen LogP contribution in [0.3, 0.4) is 0 Å². The van der Waals surface area contributed by atoms with Gasteiger partial charge < -0.3 is 10.1 Å². The number of rotatable bonds is 3. The molecule has 116 valence electrons. The van der Waals surface area contributed by atoms with E-state index in [1.807, 2.05) is 6.07 Å². The van der Waals surface area contributed by atoms with Gasteiger partial charge in [-0.05, 0) is 24.0 Å². The van der Waals surface area contributed by atoms with Gasteiger partial charge in [0.05, 0.1) is 25.5 Å². The molecule has 0 aromatic heterocycles. The van der Waals surface area contributed by atoms with Crippen LogP contribution in [0.4, 0.5) is 0 Å². The van der Waals surface area contributed by atoms with Crippen molar-refractivity contribution in [3.63, 3.8) is 0 Å². The fourth-order valence-corrected chi connectivity index (χ4v) is 4.03. The summed E-state index contributed by atoms with van der Waals surface area (Å²) in [6.07, 6.45) is 2.99. The average Bonchev–Trinajstić information content (AvgIpc) is 2.47. The highest BCUT2D eigenvalue weighted by atomic mass is 32.2. The summed E-state index contributed by atoms with van der Waals surface area (Å²) in [6.45, 7) is 2.57. The van der Waals surface area contributed by atoms with Crippen LogP contribution in [0.1, 0.15) is 30.0 Å². The summed E-state index contributed by atoms with van der Waals surface area (Å²) in [5.74, 6) is 0. The third kappa shape index (κ3) is 3.45. The molecule has 1 aromatic rings. The standard InChI is InChI=1S/C15H22N2O3S/c1-21(18,19)17-8-6-13(7-9-17)16-15-11-20-10-12-4-2-3-5-14(12)15/h2-5,13,15-16H,6-11H2,1H3. The first-order valence-corrected chi connectivity index (χ1v) is 9.25. The van der Waals surface area contributed by atoms with Crippen LogP contribution in [0.5, 0.6) is 0 Å². The first-order valence-electron chi connectivity index (χ1n) is 7.41. The van der Waals surface area contributed by atoms with Crippen LogP contribution >= 0.6 is 0 Å². The van der Waals surface area contributed by atoms with E-state index in [1.54, 1.807) is 4.31 Å². The van der Waals surface area contributed by atoms with E-state index in [4.69, 9.17) is 4.74 Å². The molecule has 0 bridgehead atoms. The third-order valence-corrected chi connectivity index (χ3v) is 5.64. The van der Waals surface area contributed by atoms with Crippen molar-refractivity contribution in [1.82, 2.24) is 9.62 Å². The SMILES string of the molecule is CS(=O)(=O)N1CCC(NC2COCc3ccccc32)CC1. The lowest BCUT2D eigenvalue weighted by Gasteiger charge is -2.35. The van der Waals surface area contributed by atoms with E-state index >= 15 is 0 Å².